The van der Waals surface area contributed by atoms with Gasteiger partial charge in [0.1, 0.15) is 11.4 Å². The van der Waals surface area contributed by atoms with Crippen LogP contribution in [0.4, 0.5) is 5.69 Å². The van der Waals surface area contributed by atoms with Gasteiger partial charge in [0.25, 0.3) is 0 Å². The second kappa shape index (κ2) is 6.18. The van der Waals surface area contributed by atoms with Gasteiger partial charge in [-0.05, 0) is 12.1 Å². The standard InChI is InChI=1S/C16H14ClN5O2/c17-14-8-13(21-4-6-24-7-5-21)16-19-12(10-23)15(22(16)20-14)11-2-1-3-18-9-11/h1-3,8-10H,4-7H2. The predicted molar refractivity (Wildman–Crippen MR) is 89.6 cm³/mol. The third-order valence-electron chi connectivity index (χ3n) is 3.96. The van der Waals surface area contributed by atoms with Gasteiger partial charge in [-0.15, -0.1) is 0 Å². The Hall–Kier alpha value is -2.51. The summed E-state index contributed by atoms with van der Waals surface area (Å²) in [5.41, 5.74) is 3.10. The number of pyridine rings is 1. The zero-order valence-electron chi connectivity index (χ0n) is 12.7. The maximum Gasteiger partial charge on any atom is 0.178 e. The molecule has 1 fully saturated rings. The van der Waals surface area contributed by atoms with Crippen LogP contribution in [0.2, 0.25) is 5.15 Å². The van der Waals surface area contributed by atoms with Gasteiger partial charge in [-0.25, -0.2) is 9.50 Å². The number of hydrogen-bond donors (Lipinski definition) is 0. The van der Waals surface area contributed by atoms with Crippen LogP contribution in [0.15, 0.2) is 30.6 Å². The van der Waals surface area contributed by atoms with E-state index in [9.17, 15) is 4.79 Å². The predicted octanol–water partition coefficient (Wildman–Crippen LogP) is 2.09. The lowest BCUT2D eigenvalue weighted by Gasteiger charge is -2.28. The van der Waals surface area contributed by atoms with Gasteiger partial charge < -0.3 is 9.64 Å². The molecule has 0 atom stereocenters. The number of fused-ring (bicyclic) bond motifs is 1. The molecule has 0 amide bonds. The highest BCUT2D eigenvalue weighted by atomic mass is 35.5. The molecule has 0 aromatic carbocycles. The molecule has 24 heavy (non-hydrogen) atoms. The van der Waals surface area contributed by atoms with E-state index in [1.54, 1.807) is 29.0 Å². The van der Waals surface area contributed by atoms with E-state index in [1.165, 1.54) is 0 Å². The fourth-order valence-electron chi connectivity index (χ4n) is 2.89. The van der Waals surface area contributed by atoms with Crippen molar-refractivity contribution in [2.75, 3.05) is 31.2 Å². The summed E-state index contributed by atoms with van der Waals surface area (Å²) < 4.78 is 7.02. The molecule has 1 aliphatic rings. The fraction of sp³-hybridized carbons (Fsp3) is 0.250. The molecule has 3 aromatic rings. The van der Waals surface area contributed by atoms with Crippen LogP contribution in [0, 0.1) is 0 Å². The lowest BCUT2D eigenvalue weighted by Crippen LogP contribution is -2.36. The van der Waals surface area contributed by atoms with Crippen molar-refractivity contribution in [1.29, 1.82) is 0 Å². The van der Waals surface area contributed by atoms with Crippen LogP contribution in [-0.4, -0.2) is 52.2 Å². The van der Waals surface area contributed by atoms with E-state index in [0.29, 0.717) is 35.4 Å². The van der Waals surface area contributed by atoms with E-state index in [0.717, 1.165) is 30.6 Å². The van der Waals surface area contributed by atoms with Crippen LogP contribution in [0.3, 0.4) is 0 Å². The van der Waals surface area contributed by atoms with Gasteiger partial charge >= 0.3 is 0 Å². The average Bonchev–Trinajstić information content (AvgIpc) is 3.00. The Morgan fingerprint density at radius 1 is 1.29 bits per heavy atom. The van der Waals surface area contributed by atoms with Gasteiger partial charge in [-0.1, -0.05) is 11.6 Å². The van der Waals surface area contributed by atoms with Crippen molar-refractivity contribution >= 4 is 29.2 Å². The average molecular weight is 344 g/mol. The molecule has 4 rings (SSSR count). The highest BCUT2D eigenvalue weighted by molar-refractivity contribution is 6.29. The van der Waals surface area contributed by atoms with E-state index in [-0.39, 0.29) is 0 Å². The molecule has 0 aliphatic carbocycles. The number of carbonyl (C=O) groups is 1. The number of hydrogen-bond acceptors (Lipinski definition) is 6. The molecule has 0 spiro atoms. The smallest absolute Gasteiger partial charge is 0.178 e. The minimum Gasteiger partial charge on any atom is -0.378 e. The number of rotatable bonds is 3. The van der Waals surface area contributed by atoms with Crippen LogP contribution in [-0.2, 0) is 4.74 Å². The van der Waals surface area contributed by atoms with E-state index in [2.05, 4.69) is 20.0 Å². The third kappa shape index (κ3) is 2.51. The van der Waals surface area contributed by atoms with Gasteiger partial charge in [0.05, 0.1) is 18.9 Å². The summed E-state index contributed by atoms with van der Waals surface area (Å²) in [5.74, 6) is 0. The Balaban J connectivity index is 1.97. The molecule has 122 valence electrons. The monoisotopic (exact) mass is 343 g/mol. The lowest BCUT2D eigenvalue weighted by atomic mass is 10.2. The Bertz CT molecular complexity index is 890. The van der Waals surface area contributed by atoms with Gasteiger partial charge in [-0.3, -0.25) is 9.78 Å². The first-order chi connectivity index (χ1) is 11.8. The Labute approximate surface area is 142 Å². The molecule has 7 nitrogen and oxygen atoms in total. The molecule has 0 unspecified atom stereocenters. The molecule has 8 heteroatoms. The Kier molecular flexibility index (Phi) is 3.87. The van der Waals surface area contributed by atoms with Crippen molar-refractivity contribution in [3.8, 4) is 11.3 Å². The summed E-state index contributed by atoms with van der Waals surface area (Å²) in [6.45, 7) is 2.76. The largest absolute Gasteiger partial charge is 0.378 e. The minimum atomic E-state index is 0.312. The zero-order chi connectivity index (χ0) is 16.5. The molecule has 1 aliphatic heterocycles. The second-order valence-electron chi connectivity index (χ2n) is 5.39. The number of carbonyl (C=O) groups excluding carboxylic acids is 1. The van der Waals surface area contributed by atoms with Gasteiger partial charge in [0.15, 0.2) is 17.1 Å². The molecule has 4 heterocycles. The van der Waals surface area contributed by atoms with Gasteiger partial charge in [-0.2, -0.15) is 5.10 Å². The highest BCUT2D eigenvalue weighted by Crippen LogP contribution is 2.30. The number of nitrogens with zero attached hydrogens (tertiary/aromatic N) is 5. The Morgan fingerprint density at radius 3 is 2.83 bits per heavy atom. The first-order valence-corrected chi connectivity index (χ1v) is 7.93. The van der Waals surface area contributed by atoms with Crippen LogP contribution in [0.1, 0.15) is 10.5 Å². The third-order valence-corrected chi connectivity index (χ3v) is 4.14. The van der Waals surface area contributed by atoms with Crippen LogP contribution in [0.5, 0.6) is 0 Å². The van der Waals surface area contributed by atoms with Crippen molar-refractivity contribution in [3.63, 3.8) is 0 Å². The quantitative estimate of drug-likeness (QED) is 0.678. The normalized spacial score (nSPS) is 15.0. The number of aromatic nitrogens is 4. The molecule has 0 bridgehead atoms. The molecular formula is C16H14ClN5O2. The second-order valence-corrected chi connectivity index (χ2v) is 5.78. The fourth-order valence-corrected chi connectivity index (χ4v) is 3.06. The lowest BCUT2D eigenvalue weighted by molar-refractivity contribution is 0.112. The molecule has 1 saturated heterocycles. The number of halogens is 1. The maximum atomic E-state index is 11.6. The van der Waals surface area contributed by atoms with Gasteiger partial charge in [0.2, 0.25) is 0 Å². The topological polar surface area (TPSA) is 72.6 Å². The maximum absolute atomic E-state index is 11.6. The van der Waals surface area contributed by atoms with Crippen molar-refractivity contribution in [2.45, 2.75) is 0 Å². The first kappa shape index (κ1) is 15.0. The number of ether oxygens (including phenoxy) is 1. The van der Waals surface area contributed by atoms with Crippen LogP contribution >= 0.6 is 11.6 Å². The summed E-state index contributed by atoms with van der Waals surface area (Å²) in [6.07, 6.45) is 4.08. The molecule has 3 aromatic heterocycles. The molecule has 0 saturated carbocycles. The molecule has 0 radical (unpaired) electrons. The summed E-state index contributed by atoms with van der Waals surface area (Å²) >= 11 is 6.23. The van der Waals surface area contributed by atoms with Crippen molar-refractivity contribution in [3.05, 3.63) is 41.4 Å². The van der Waals surface area contributed by atoms with Crippen molar-refractivity contribution < 1.29 is 9.53 Å². The summed E-state index contributed by atoms with van der Waals surface area (Å²) in [6, 6.07) is 5.44. The Morgan fingerprint density at radius 2 is 2.12 bits per heavy atom. The molecule has 0 N–H and O–H groups in total. The van der Waals surface area contributed by atoms with Crippen LogP contribution in [0.25, 0.3) is 16.9 Å². The van der Waals surface area contributed by atoms with Crippen LogP contribution < -0.4 is 4.90 Å². The highest BCUT2D eigenvalue weighted by Gasteiger charge is 2.22. The molecular weight excluding hydrogens is 330 g/mol. The summed E-state index contributed by atoms with van der Waals surface area (Å²) in [5, 5.41) is 4.69. The number of imidazole rings is 1. The van der Waals surface area contributed by atoms with Gasteiger partial charge in [0, 0.05) is 37.1 Å². The number of anilines is 1. The zero-order valence-corrected chi connectivity index (χ0v) is 13.5. The van der Waals surface area contributed by atoms with E-state index < -0.39 is 0 Å². The summed E-state index contributed by atoms with van der Waals surface area (Å²) in [7, 11) is 0. The van der Waals surface area contributed by atoms with E-state index >= 15 is 0 Å². The SMILES string of the molecule is O=Cc1nc2c(N3CCOCC3)cc(Cl)nn2c1-c1cccnc1. The van der Waals surface area contributed by atoms with E-state index in [4.69, 9.17) is 16.3 Å². The first-order valence-electron chi connectivity index (χ1n) is 7.55. The number of aldehydes is 1. The van der Waals surface area contributed by atoms with Crippen molar-refractivity contribution in [1.82, 2.24) is 19.6 Å². The van der Waals surface area contributed by atoms with E-state index in [1.807, 2.05) is 6.07 Å². The number of morpholine rings is 1. The van der Waals surface area contributed by atoms with Crippen molar-refractivity contribution in [2.24, 2.45) is 0 Å². The summed E-state index contributed by atoms with van der Waals surface area (Å²) in [4.78, 5) is 22.3. The minimum absolute atomic E-state index is 0.312.